The highest BCUT2D eigenvalue weighted by Gasteiger charge is 2.16. The highest BCUT2D eigenvalue weighted by atomic mass is 19.1. The van der Waals surface area contributed by atoms with E-state index in [1.807, 2.05) is 12.1 Å². The summed E-state index contributed by atoms with van der Waals surface area (Å²) in [5.74, 6) is 1.20. The quantitative estimate of drug-likeness (QED) is 0.577. The number of nitrogens with one attached hydrogen (secondary N) is 2. The number of guanidine groups is 1. The van der Waals surface area contributed by atoms with Crippen molar-refractivity contribution < 1.29 is 4.39 Å². The second-order valence-corrected chi connectivity index (χ2v) is 6.97. The topological polar surface area (TPSA) is 42.9 Å². The van der Waals surface area contributed by atoms with E-state index in [9.17, 15) is 4.39 Å². The van der Waals surface area contributed by atoms with Gasteiger partial charge in [-0.2, -0.15) is 0 Å². The van der Waals surface area contributed by atoms with E-state index in [1.165, 1.54) is 12.1 Å². The van der Waals surface area contributed by atoms with Crippen molar-refractivity contribution in [3.63, 3.8) is 0 Å². The van der Waals surface area contributed by atoms with Crippen molar-refractivity contribution in [2.45, 2.75) is 13.3 Å². The van der Waals surface area contributed by atoms with Gasteiger partial charge in [0.15, 0.2) is 5.96 Å². The number of benzene rings is 1. The van der Waals surface area contributed by atoms with Gasteiger partial charge in [0.05, 0.1) is 0 Å². The van der Waals surface area contributed by atoms with Gasteiger partial charge in [0, 0.05) is 52.9 Å². The molecule has 25 heavy (non-hydrogen) atoms. The van der Waals surface area contributed by atoms with E-state index in [0.717, 1.165) is 63.8 Å². The van der Waals surface area contributed by atoms with Gasteiger partial charge in [-0.25, -0.2) is 4.39 Å². The number of halogens is 1. The van der Waals surface area contributed by atoms with Crippen molar-refractivity contribution in [3.05, 3.63) is 35.6 Å². The first kappa shape index (κ1) is 19.7. The Hall–Kier alpha value is -1.66. The smallest absolute Gasteiger partial charge is 0.190 e. The van der Waals surface area contributed by atoms with Gasteiger partial charge in [-0.05, 0) is 37.1 Å². The molecule has 0 aliphatic carbocycles. The Morgan fingerprint density at radius 1 is 1.16 bits per heavy atom. The van der Waals surface area contributed by atoms with Crippen LogP contribution in [0.15, 0.2) is 29.3 Å². The molecule has 6 heteroatoms. The van der Waals surface area contributed by atoms with E-state index in [4.69, 9.17) is 0 Å². The fraction of sp³-hybridized carbons (Fsp3) is 0.632. The highest BCUT2D eigenvalue weighted by molar-refractivity contribution is 5.79. The lowest BCUT2D eigenvalue weighted by atomic mass is 10.1. The van der Waals surface area contributed by atoms with Crippen LogP contribution in [0, 0.1) is 11.7 Å². The third kappa shape index (κ3) is 7.40. The molecule has 5 nitrogen and oxygen atoms in total. The molecule has 2 N–H and O–H groups in total. The summed E-state index contributed by atoms with van der Waals surface area (Å²) in [4.78, 5) is 9.20. The molecule has 0 saturated carbocycles. The maximum Gasteiger partial charge on any atom is 0.190 e. The van der Waals surface area contributed by atoms with Crippen molar-refractivity contribution in [1.82, 2.24) is 20.4 Å². The fourth-order valence-electron chi connectivity index (χ4n) is 3.00. The lowest BCUT2D eigenvalue weighted by molar-refractivity contribution is 0.139. The first-order valence-electron chi connectivity index (χ1n) is 9.16. The van der Waals surface area contributed by atoms with E-state index in [0.29, 0.717) is 5.92 Å². The van der Waals surface area contributed by atoms with Gasteiger partial charge in [0.2, 0.25) is 0 Å². The van der Waals surface area contributed by atoms with Crippen molar-refractivity contribution in [2.24, 2.45) is 10.9 Å². The molecular weight excluding hydrogens is 317 g/mol. The average Bonchev–Trinajstić information content (AvgIpc) is 2.61. The molecule has 1 aromatic rings. The number of aliphatic imine (C=N–C) groups is 1. The SMILES string of the molecule is CN=C(NCCc1ccc(F)cc1)NCC(C)CN1CCN(C)CC1. The van der Waals surface area contributed by atoms with Crippen molar-refractivity contribution in [2.75, 3.05) is 59.9 Å². The Kier molecular flexibility index (Phi) is 8.15. The molecule has 0 radical (unpaired) electrons. The minimum atomic E-state index is -0.191. The third-order valence-corrected chi connectivity index (χ3v) is 4.63. The van der Waals surface area contributed by atoms with Gasteiger partial charge >= 0.3 is 0 Å². The summed E-state index contributed by atoms with van der Waals surface area (Å²) in [6, 6.07) is 6.65. The molecule has 1 atom stereocenters. The van der Waals surface area contributed by atoms with Crippen molar-refractivity contribution in [1.29, 1.82) is 0 Å². The first-order chi connectivity index (χ1) is 12.1. The van der Waals surface area contributed by atoms with Crippen LogP contribution in [-0.4, -0.2) is 75.7 Å². The Morgan fingerprint density at radius 2 is 1.84 bits per heavy atom. The van der Waals surface area contributed by atoms with Crippen LogP contribution in [-0.2, 0) is 6.42 Å². The van der Waals surface area contributed by atoms with Crippen LogP contribution >= 0.6 is 0 Å². The summed E-state index contributed by atoms with van der Waals surface area (Å²) in [5.41, 5.74) is 1.12. The molecule has 1 heterocycles. The predicted octanol–water partition coefficient (Wildman–Crippen LogP) is 1.42. The number of hydrogen-bond acceptors (Lipinski definition) is 3. The van der Waals surface area contributed by atoms with E-state index < -0.39 is 0 Å². The lowest BCUT2D eigenvalue weighted by Gasteiger charge is -2.34. The van der Waals surface area contributed by atoms with Gasteiger partial charge in [0.1, 0.15) is 5.82 Å². The molecule has 1 aromatic carbocycles. The normalized spacial score (nSPS) is 18.2. The summed E-state index contributed by atoms with van der Waals surface area (Å²) < 4.78 is 12.9. The maximum absolute atomic E-state index is 12.9. The molecule has 0 aromatic heterocycles. The maximum atomic E-state index is 12.9. The monoisotopic (exact) mass is 349 g/mol. The van der Waals surface area contributed by atoms with E-state index in [2.05, 4.69) is 39.4 Å². The van der Waals surface area contributed by atoms with Crippen molar-refractivity contribution in [3.8, 4) is 0 Å². The Labute approximate surface area is 151 Å². The number of nitrogens with zero attached hydrogens (tertiary/aromatic N) is 3. The number of piperazine rings is 1. The minimum Gasteiger partial charge on any atom is -0.356 e. The van der Waals surface area contributed by atoms with Crippen LogP contribution in [0.4, 0.5) is 4.39 Å². The summed E-state index contributed by atoms with van der Waals surface area (Å²) in [6.07, 6.45) is 0.845. The molecule has 1 unspecified atom stereocenters. The van der Waals surface area contributed by atoms with E-state index in [1.54, 1.807) is 7.05 Å². The third-order valence-electron chi connectivity index (χ3n) is 4.63. The molecule has 1 aliphatic rings. The molecule has 140 valence electrons. The zero-order chi connectivity index (χ0) is 18.1. The number of hydrogen-bond donors (Lipinski definition) is 2. The fourth-order valence-corrected chi connectivity index (χ4v) is 3.00. The Balaban J connectivity index is 1.63. The van der Waals surface area contributed by atoms with Crippen LogP contribution < -0.4 is 10.6 Å². The lowest BCUT2D eigenvalue weighted by Crippen LogP contribution is -2.47. The second-order valence-electron chi connectivity index (χ2n) is 6.97. The summed E-state index contributed by atoms with van der Waals surface area (Å²) in [5, 5.41) is 6.73. The zero-order valence-corrected chi connectivity index (χ0v) is 15.8. The molecule has 1 fully saturated rings. The van der Waals surface area contributed by atoms with Crippen LogP contribution in [0.3, 0.4) is 0 Å². The van der Waals surface area contributed by atoms with Crippen molar-refractivity contribution >= 4 is 5.96 Å². The Morgan fingerprint density at radius 3 is 2.48 bits per heavy atom. The average molecular weight is 349 g/mol. The molecule has 0 bridgehead atoms. The molecule has 2 rings (SSSR count). The largest absolute Gasteiger partial charge is 0.356 e. The van der Waals surface area contributed by atoms with Crippen LogP contribution in [0.2, 0.25) is 0 Å². The van der Waals surface area contributed by atoms with Gasteiger partial charge in [-0.1, -0.05) is 19.1 Å². The van der Waals surface area contributed by atoms with Gasteiger partial charge in [0.25, 0.3) is 0 Å². The first-order valence-corrected chi connectivity index (χ1v) is 9.16. The zero-order valence-electron chi connectivity index (χ0n) is 15.8. The Bertz CT molecular complexity index is 523. The van der Waals surface area contributed by atoms with E-state index in [-0.39, 0.29) is 5.82 Å². The minimum absolute atomic E-state index is 0.191. The van der Waals surface area contributed by atoms with Gasteiger partial charge in [-0.3, -0.25) is 4.99 Å². The van der Waals surface area contributed by atoms with Crippen LogP contribution in [0.25, 0.3) is 0 Å². The summed E-state index contributed by atoms with van der Waals surface area (Å²) >= 11 is 0. The van der Waals surface area contributed by atoms with Gasteiger partial charge < -0.3 is 20.4 Å². The molecule has 1 saturated heterocycles. The second kappa shape index (κ2) is 10.4. The molecule has 0 amide bonds. The molecular formula is C19H32FN5. The molecule has 0 spiro atoms. The molecule has 1 aliphatic heterocycles. The number of likely N-dealkylation sites (N-methyl/N-ethyl adjacent to an activating group) is 1. The summed E-state index contributed by atoms with van der Waals surface area (Å²) in [7, 11) is 3.97. The van der Waals surface area contributed by atoms with Crippen LogP contribution in [0.5, 0.6) is 0 Å². The van der Waals surface area contributed by atoms with Gasteiger partial charge in [-0.15, -0.1) is 0 Å². The predicted molar refractivity (Wildman–Crippen MR) is 103 cm³/mol. The number of rotatable bonds is 7. The standard InChI is InChI=1S/C19H32FN5/c1-16(15-25-12-10-24(3)11-13-25)14-23-19(21-2)22-9-8-17-4-6-18(20)7-5-17/h4-7,16H,8-15H2,1-3H3,(H2,21,22,23). The van der Waals surface area contributed by atoms with Crippen LogP contribution in [0.1, 0.15) is 12.5 Å². The summed E-state index contributed by atoms with van der Waals surface area (Å²) in [6.45, 7) is 9.71. The highest BCUT2D eigenvalue weighted by Crippen LogP contribution is 2.04. The van der Waals surface area contributed by atoms with E-state index >= 15 is 0 Å².